The Bertz CT molecular complexity index is 2560. The first-order valence-corrected chi connectivity index (χ1v) is 16.6. The molecule has 4 heterocycles. The van der Waals surface area contributed by atoms with Crippen molar-refractivity contribution < 1.29 is 0 Å². The molecule has 9 aromatic rings. The number of hydrogen-bond acceptors (Lipinski definition) is 5. The zero-order valence-corrected chi connectivity index (χ0v) is 27.0. The van der Waals surface area contributed by atoms with Crippen LogP contribution in [0.5, 0.6) is 0 Å². The molecule has 0 aliphatic heterocycles. The standard InChI is InChI=1S/C45H29N5/c1-4-12-30(13-5-1)40-21-20-34(29-48-40)35-24-36(39-27-33-18-10-22-46-43(33)44-38(39)19-11-23-47-44)26-37(25-35)45-49-41(31-14-6-2-7-15-31)28-42(50-45)32-16-8-3-9-17-32/h1-29H. The van der Waals surface area contributed by atoms with Crippen LogP contribution in [-0.2, 0) is 0 Å². The highest BCUT2D eigenvalue weighted by Gasteiger charge is 2.16. The first-order chi connectivity index (χ1) is 24.8. The summed E-state index contributed by atoms with van der Waals surface area (Å²) in [6.45, 7) is 0. The normalized spacial score (nSPS) is 11.2. The smallest absolute Gasteiger partial charge is 0.160 e. The van der Waals surface area contributed by atoms with Gasteiger partial charge in [-0.25, -0.2) is 9.97 Å². The molecule has 0 N–H and O–H groups in total. The van der Waals surface area contributed by atoms with Crippen molar-refractivity contribution in [2.45, 2.75) is 0 Å². The van der Waals surface area contributed by atoms with Crippen molar-refractivity contribution in [1.82, 2.24) is 24.9 Å². The minimum Gasteiger partial charge on any atom is -0.256 e. The van der Waals surface area contributed by atoms with Gasteiger partial charge in [0.2, 0.25) is 0 Å². The van der Waals surface area contributed by atoms with Crippen LogP contribution in [0.4, 0.5) is 0 Å². The van der Waals surface area contributed by atoms with Gasteiger partial charge in [0.15, 0.2) is 5.82 Å². The van der Waals surface area contributed by atoms with E-state index in [1.165, 1.54) is 0 Å². The van der Waals surface area contributed by atoms with Crippen LogP contribution < -0.4 is 0 Å². The van der Waals surface area contributed by atoms with Crippen molar-refractivity contribution in [2.75, 3.05) is 0 Å². The van der Waals surface area contributed by atoms with E-state index in [2.05, 4.69) is 91.0 Å². The lowest BCUT2D eigenvalue weighted by Gasteiger charge is -2.15. The average molecular weight is 640 g/mol. The second-order valence-electron chi connectivity index (χ2n) is 12.2. The quantitative estimate of drug-likeness (QED) is 0.169. The maximum Gasteiger partial charge on any atom is 0.160 e. The molecule has 9 rings (SSSR count). The van der Waals surface area contributed by atoms with Crippen molar-refractivity contribution >= 4 is 21.8 Å². The van der Waals surface area contributed by atoms with E-state index in [9.17, 15) is 0 Å². The van der Waals surface area contributed by atoms with E-state index in [4.69, 9.17) is 24.9 Å². The van der Waals surface area contributed by atoms with Gasteiger partial charge in [-0.1, -0.05) is 109 Å². The Morgan fingerprint density at radius 2 is 0.920 bits per heavy atom. The third-order valence-electron chi connectivity index (χ3n) is 8.99. The lowest BCUT2D eigenvalue weighted by atomic mass is 9.92. The molecule has 5 heteroatoms. The van der Waals surface area contributed by atoms with E-state index in [0.29, 0.717) is 5.82 Å². The lowest BCUT2D eigenvalue weighted by molar-refractivity contribution is 1.18. The number of pyridine rings is 3. The molecule has 5 aromatic carbocycles. The van der Waals surface area contributed by atoms with Crippen LogP contribution in [0.1, 0.15) is 0 Å². The molecule has 0 saturated heterocycles. The molecule has 0 bridgehead atoms. The van der Waals surface area contributed by atoms with Crippen LogP contribution in [0.2, 0.25) is 0 Å². The fourth-order valence-electron chi connectivity index (χ4n) is 6.53. The van der Waals surface area contributed by atoms with Crippen LogP contribution in [-0.4, -0.2) is 24.9 Å². The first kappa shape index (κ1) is 29.3. The topological polar surface area (TPSA) is 64.5 Å². The van der Waals surface area contributed by atoms with Gasteiger partial charge >= 0.3 is 0 Å². The molecule has 0 amide bonds. The highest BCUT2D eigenvalue weighted by molar-refractivity contribution is 6.10. The molecule has 0 aliphatic rings. The third-order valence-corrected chi connectivity index (χ3v) is 8.99. The van der Waals surface area contributed by atoms with Gasteiger partial charge in [0.05, 0.1) is 28.1 Å². The summed E-state index contributed by atoms with van der Waals surface area (Å²) < 4.78 is 0. The van der Waals surface area contributed by atoms with E-state index >= 15 is 0 Å². The van der Waals surface area contributed by atoms with E-state index in [-0.39, 0.29) is 0 Å². The van der Waals surface area contributed by atoms with Gasteiger partial charge in [0, 0.05) is 57.2 Å². The molecule has 4 aromatic heterocycles. The molecule has 0 aliphatic carbocycles. The Balaban J connectivity index is 1.28. The van der Waals surface area contributed by atoms with Gasteiger partial charge in [-0.15, -0.1) is 0 Å². The zero-order chi connectivity index (χ0) is 33.3. The van der Waals surface area contributed by atoms with Crippen molar-refractivity contribution in [1.29, 1.82) is 0 Å². The first-order valence-electron chi connectivity index (χ1n) is 16.6. The predicted octanol–water partition coefficient (Wildman–Crippen LogP) is 11.0. The largest absolute Gasteiger partial charge is 0.256 e. The SMILES string of the molecule is c1ccc(-c2ccc(-c3cc(-c4nc(-c5ccccc5)cc(-c5ccccc5)n4)cc(-c4cc5cccnc5c5ncccc45)c3)cn2)cc1. The Hall–Kier alpha value is -6.85. The molecule has 0 atom stereocenters. The summed E-state index contributed by atoms with van der Waals surface area (Å²) in [5.74, 6) is 0.645. The fourth-order valence-corrected chi connectivity index (χ4v) is 6.53. The molecular weight excluding hydrogens is 611 g/mol. The van der Waals surface area contributed by atoms with E-state index in [1.807, 2.05) is 85.3 Å². The molecule has 0 unspecified atom stereocenters. The van der Waals surface area contributed by atoms with Gasteiger partial charge in [0.25, 0.3) is 0 Å². The number of nitrogens with zero attached hydrogens (tertiary/aromatic N) is 5. The number of fused-ring (bicyclic) bond motifs is 3. The van der Waals surface area contributed by atoms with Crippen molar-refractivity contribution in [3.63, 3.8) is 0 Å². The second kappa shape index (κ2) is 12.6. The molecule has 0 spiro atoms. The summed E-state index contributed by atoms with van der Waals surface area (Å²) in [5.41, 5.74) is 12.6. The minimum absolute atomic E-state index is 0.645. The third kappa shape index (κ3) is 5.57. The molecule has 0 saturated carbocycles. The van der Waals surface area contributed by atoms with Gasteiger partial charge in [0.1, 0.15) is 0 Å². The Morgan fingerprint density at radius 3 is 1.56 bits per heavy atom. The molecule has 0 fully saturated rings. The van der Waals surface area contributed by atoms with Crippen molar-refractivity contribution in [2.24, 2.45) is 0 Å². The fraction of sp³-hybridized carbons (Fsp3) is 0. The number of hydrogen-bond donors (Lipinski definition) is 0. The maximum atomic E-state index is 5.19. The number of benzene rings is 5. The minimum atomic E-state index is 0.645. The summed E-state index contributed by atoms with van der Waals surface area (Å²) in [6, 6.07) is 54.1. The summed E-state index contributed by atoms with van der Waals surface area (Å²) in [6.07, 6.45) is 5.60. The van der Waals surface area contributed by atoms with Crippen LogP contribution in [0, 0.1) is 0 Å². The number of aromatic nitrogens is 5. The highest BCUT2D eigenvalue weighted by atomic mass is 14.9. The van der Waals surface area contributed by atoms with Crippen LogP contribution >= 0.6 is 0 Å². The maximum absolute atomic E-state index is 5.19. The van der Waals surface area contributed by atoms with Gasteiger partial charge in [-0.3, -0.25) is 15.0 Å². The van der Waals surface area contributed by atoms with Crippen LogP contribution in [0.15, 0.2) is 176 Å². The highest BCUT2D eigenvalue weighted by Crippen LogP contribution is 2.38. The molecule has 5 nitrogen and oxygen atoms in total. The summed E-state index contributed by atoms with van der Waals surface area (Å²) in [4.78, 5) is 24.7. The molecular formula is C45H29N5. The average Bonchev–Trinajstić information content (AvgIpc) is 3.21. The van der Waals surface area contributed by atoms with Crippen molar-refractivity contribution in [3.05, 3.63) is 176 Å². The summed E-state index contributed by atoms with van der Waals surface area (Å²) in [5, 5.41) is 2.06. The number of rotatable bonds is 6. The van der Waals surface area contributed by atoms with E-state index in [0.717, 1.165) is 83.4 Å². The van der Waals surface area contributed by atoms with Gasteiger partial charge in [-0.05, 0) is 65.2 Å². The van der Waals surface area contributed by atoms with E-state index in [1.54, 1.807) is 0 Å². The predicted molar refractivity (Wildman–Crippen MR) is 203 cm³/mol. The summed E-state index contributed by atoms with van der Waals surface area (Å²) in [7, 11) is 0. The van der Waals surface area contributed by atoms with E-state index < -0.39 is 0 Å². The van der Waals surface area contributed by atoms with Crippen molar-refractivity contribution in [3.8, 4) is 67.4 Å². The van der Waals surface area contributed by atoms with Crippen LogP contribution in [0.3, 0.4) is 0 Å². The monoisotopic (exact) mass is 639 g/mol. The zero-order valence-electron chi connectivity index (χ0n) is 27.0. The Labute approximate surface area is 289 Å². The second-order valence-corrected chi connectivity index (χ2v) is 12.2. The van der Waals surface area contributed by atoms with Gasteiger partial charge < -0.3 is 0 Å². The Morgan fingerprint density at radius 1 is 0.340 bits per heavy atom. The molecule has 0 radical (unpaired) electrons. The Kier molecular flexibility index (Phi) is 7.41. The molecule has 50 heavy (non-hydrogen) atoms. The van der Waals surface area contributed by atoms with Gasteiger partial charge in [-0.2, -0.15) is 0 Å². The molecule has 234 valence electrons. The summed E-state index contributed by atoms with van der Waals surface area (Å²) >= 11 is 0. The lowest BCUT2D eigenvalue weighted by Crippen LogP contribution is -1.97. The van der Waals surface area contributed by atoms with Crippen LogP contribution in [0.25, 0.3) is 89.2 Å².